The van der Waals surface area contributed by atoms with Gasteiger partial charge in [-0.2, -0.15) is 4.98 Å². The van der Waals surface area contributed by atoms with Gasteiger partial charge in [0.15, 0.2) is 0 Å². The first-order valence-electron chi connectivity index (χ1n) is 12.4. The molecule has 4 heterocycles. The molecule has 2 aromatic carbocycles. The van der Waals surface area contributed by atoms with Crippen LogP contribution in [0.1, 0.15) is 12.8 Å². The van der Waals surface area contributed by atoms with Crippen LogP contribution in [-0.4, -0.2) is 65.2 Å². The molecule has 0 spiro atoms. The molecule has 0 radical (unpaired) electrons. The minimum Gasteiger partial charge on any atom is -0.368 e. The molecule has 6 rings (SSSR count). The molecule has 1 unspecified atom stereocenters. The van der Waals surface area contributed by atoms with E-state index in [9.17, 15) is 9.18 Å². The van der Waals surface area contributed by atoms with Crippen molar-refractivity contribution in [1.29, 1.82) is 0 Å². The van der Waals surface area contributed by atoms with Crippen molar-refractivity contribution in [2.75, 3.05) is 49.1 Å². The highest BCUT2D eigenvalue weighted by molar-refractivity contribution is 5.98. The van der Waals surface area contributed by atoms with Gasteiger partial charge in [0.1, 0.15) is 29.0 Å². The number of carbonyl (C=O) groups is 1. The van der Waals surface area contributed by atoms with Crippen LogP contribution in [0.25, 0.3) is 22.4 Å². The summed E-state index contributed by atoms with van der Waals surface area (Å²) >= 11 is 0. The summed E-state index contributed by atoms with van der Waals surface area (Å²) in [6.07, 6.45) is 3.21. The highest BCUT2D eigenvalue weighted by Crippen LogP contribution is 2.35. The van der Waals surface area contributed by atoms with Crippen molar-refractivity contribution in [2.45, 2.75) is 12.8 Å². The number of benzene rings is 2. The van der Waals surface area contributed by atoms with Crippen LogP contribution in [0.5, 0.6) is 0 Å². The van der Waals surface area contributed by atoms with Crippen LogP contribution < -0.4 is 9.80 Å². The molecule has 2 aromatic heterocycles. The van der Waals surface area contributed by atoms with Crippen molar-refractivity contribution in [1.82, 2.24) is 20.0 Å². The third-order valence-corrected chi connectivity index (χ3v) is 7.15. The molecule has 0 bridgehead atoms. The van der Waals surface area contributed by atoms with Gasteiger partial charge < -0.3 is 19.2 Å². The third-order valence-electron chi connectivity index (χ3n) is 7.15. The van der Waals surface area contributed by atoms with Gasteiger partial charge in [0.2, 0.25) is 5.91 Å². The van der Waals surface area contributed by atoms with Crippen LogP contribution in [0.2, 0.25) is 0 Å². The van der Waals surface area contributed by atoms with Gasteiger partial charge >= 0.3 is 0 Å². The molecule has 0 saturated carbocycles. The summed E-state index contributed by atoms with van der Waals surface area (Å²) in [7, 11) is 0. The first-order valence-corrected chi connectivity index (χ1v) is 12.4. The zero-order valence-corrected chi connectivity index (χ0v) is 19.9. The minimum atomic E-state index is -0.315. The maximum Gasteiger partial charge on any atom is 0.263 e. The van der Waals surface area contributed by atoms with E-state index in [2.05, 4.69) is 37.1 Å². The molecule has 2 fully saturated rings. The van der Waals surface area contributed by atoms with E-state index in [4.69, 9.17) is 4.52 Å². The molecule has 4 aromatic rings. The van der Waals surface area contributed by atoms with Gasteiger partial charge in [-0.05, 0) is 49.2 Å². The monoisotopic (exact) mass is 486 g/mol. The third kappa shape index (κ3) is 4.25. The van der Waals surface area contributed by atoms with Crippen LogP contribution >= 0.6 is 0 Å². The van der Waals surface area contributed by atoms with E-state index in [0.717, 1.165) is 51.1 Å². The maximum atomic E-state index is 13.5. The van der Waals surface area contributed by atoms with Crippen molar-refractivity contribution in [3.63, 3.8) is 0 Å². The van der Waals surface area contributed by atoms with E-state index in [1.54, 1.807) is 12.1 Å². The highest BCUT2D eigenvalue weighted by atomic mass is 19.1. The standard InChI is InChI=1S/C27H27FN6O2/c28-21-10-8-19(9-11-21)24-23-25(29-18-30-26(23)36-31-24)34-12-4-5-20(17-34)27(35)33-15-13-32(14-16-33)22-6-2-1-3-7-22/h1-3,6-11,18,20H,4-5,12-17H2. The lowest BCUT2D eigenvalue weighted by molar-refractivity contribution is -0.136. The fourth-order valence-corrected chi connectivity index (χ4v) is 5.27. The van der Waals surface area contributed by atoms with Crippen molar-refractivity contribution in [2.24, 2.45) is 5.92 Å². The van der Waals surface area contributed by atoms with Crippen molar-refractivity contribution >= 4 is 28.5 Å². The van der Waals surface area contributed by atoms with Crippen molar-refractivity contribution in [3.8, 4) is 11.3 Å². The molecule has 1 amide bonds. The lowest BCUT2D eigenvalue weighted by Gasteiger charge is -2.40. The van der Waals surface area contributed by atoms with Crippen molar-refractivity contribution < 1.29 is 13.7 Å². The SMILES string of the molecule is O=C(C1CCCN(c2ncnc3onc(-c4ccc(F)cc4)c23)C1)N1CCN(c2ccccc2)CC1. The normalized spacial score (nSPS) is 18.6. The van der Waals surface area contributed by atoms with E-state index in [1.807, 2.05) is 23.1 Å². The largest absolute Gasteiger partial charge is 0.368 e. The van der Waals surface area contributed by atoms with E-state index >= 15 is 0 Å². The second kappa shape index (κ2) is 9.56. The van der Waals surface area contributed by atoms with Crippen molar-refractivity contribution in [3.05, 3.63) is 66.7 Å². The second-order valence-corrected chi connectivity index (χ2v) is 9.35. The Morgan fingerprint density at radius 3 is 2.47 bits per heavy atom. The fourth-order valence-electron chi connectivity index (χ4n) is 5.27. The van der Waals surface area contributed by atoms with Gasteiger partial charge in [0, 0.05) is 50.5 Å². The number of nitrogens with zero attached hydrogens (tertiary/aromatic N) is 6. The number of carbonyl (C=O) groups excluding carboxylic acids is 1. The number of piperidine rings is 1. The molecular weight excluding hydrogens is 459 g/mol. The Labute approximate surface area is 208 Å². The molecule has 2 saturated heterocycles. The van der Waals surface area contributed by atoms with Crippen LogP contribution in [-0.2, 0) is 4.79 Å². The van der Waals surface area contributed by atoms with Gasteiger partial charge in [0.25, 0.3) is 5.71 Å². The zero-order valence-electron chi connectivity index (χ0n) is 19.9. The molecule has 2 aliphatic heterocycles. The van der Waals surface area contributed by atoms with Crippen LogP contribution in [0.15, 0.2) is 65.4 Å². The summed E-state index contributed by atoms with van der Waals surface area (Å²) in [5.41, 5.74) is 2.88. The summed E-state index contributed by atoms with van der Waals surface area (Å²) in [6, 6.07) is 16.5. The van der Waals surface area contributed by atoms with Gasteiger partial charge in [-0.1, -0.05) is 23.4 Å². The number of hydrogen-bond donors (Lipinski definition) is 0. The van der Waals surface area contributed by atoms with Crippen LogP contribution in [0.4, 0.5) is 15.9 Å². The Kier molecular flexibility index (Phi) is 5.96. The van der Waals surface area contributed by atoms with Crippen LogP contribution in [0.3, 0.4) is 0 Å². The van der Waals surface area contributed by atoms with Gasteiger partial charge in [-0.3, -0.25) is 4.79 Å². The number of para-hydroxylation sites is 1. The molecule has 184 valence electrons. The molecular formula is C27H27FN6O2. The topological polar surface area (TPSA) is 78.6 Å². The first-order chi connectivity index (χ1) is 17.7. The predicted molar refractivity (Wildman–Crippen MR) is 135 cm³/mol. The number of hydrogen-bond acceptors (Lipinski definition) is 7. The molecule has 2 aliphatic rings. The number of piperazine rings is 1. The van der Waals surface area contributed by atoms with E-state index in [-0.39, 0.29) is 17.6 Å². The number of amides is 1. The first kappa shape index (κ1) is 22.5. The second-order valence-electron chi connectivity index (χ2n) is 9.35. The number of anilines is 2. The molecule has 8 nitrogen and oxygen atoms in total. The number of rotatable bonds is 4. The Morgan fingerprint density at radius 1 is 0.917 bits per heavy atom. The quantitative estimate of drug-likeness (QED) is 0.432. The van der Waals surface area contributed by atoms with E-state index in [1.165, 1.54) is 24.1 Å². The average molecular weight is 487 g/mol. The van der Waals surface area contributed by atoms with Gasteiger partial charge in [-0.15, -0.1) is 0 Å². The molecule has 36 heavy (non-hydrogen) atoms. The summed E-state index contributed by atoms with van der Waals surface area (Å²) in [4.78, 5) is 28.8. The Morgan fingerprint density at radius 2 is 1.69 bits per heavy atom. The zero-order chi connectivity index (χ0) is 24.5. The smallest absolute Gasteiger partial charge is 0.263 e. The van der Waals surface area contributed by atoms with Gasteiger partial charge in [0.05, 0.1) is 5.92 Å². The van der Waals surface area contributed by atoms with Crippen LogP contribution in [0, 0.1) is 11.7 Å². The summed E-state index contributed by atoms with van der Waals surface area (Å²) in [6.45, 7) is 4.48. The summed E-state index contributed by atoms with van der Waals surface area (Å²) in [5.74, 6) is 0.500. The summed E-state index contributed by atoms with van der Waals surface area (Å²) < 4.78 is 19.0. The Hall–Kier alpha value is -4.01. The fraction of sp³-hybridized carbons (Fsp3) is 0.333. The number of aromatic nitrogens is 3. The Bertz CT molecular complexity index is 1350. The molecule has 1 atom stereocenters. The minimum absolute atomic E-state index is 0.0961. The number of fused-ring (bicyclic) bond motifs is 1. The van der Waals surface area contributed by atoms with E-state index in [0.29, 0.717) is 29.2 Å². The lowest BCUT2D eigenvalue weighted by atomic mass is 9.95. The number of halogens is 1. The van der Waals surface area contributed by atoms with Gasteiger partial charge in [-0.25, -0.2) is 9.37 Å². The Balaban J connectivity index is 1.19. The highest BCUT2D eigenvalue weighted by Gasteiger charge is 2.33. The molecule has 9 heteroatoms. The predicted octanol–water partition coefficient (Wildman–Crippen LogP) is 3.99. The molecule has 0 aliphatic carbocycles. The lowest BCUT2D eigenvalue weighted by Crippen LogP contribution is -2.52. The van der Waals surface area contributed by atoms with E-state index < -0.39 is 0 Å². The summed E-state index contributed by atoms with van der Waals surface area (Å²) in [5, 5.41) is 4.89. The molecule has 0 N–H and O–H groups in total. The maximum absolute atomic E-state index is 13.5. The average Bonchev–Trinajstić information content (AvgIpc) is 3.38.